The molecule has 4 heteroatoms. The first-order chi connectivity index (χ1) is 19.7. The largest absolute Gasteiger partial charge is 0.456 e. The minimum absolute atomic E-state index is 0.151. The number of hydrogen-bond acceptors (Lipinski definition) is 4. The lowest BCUT2D eigenvalue weighted by Gasteiger charge is -2.36. The molecule has 4 aromatic rings. The summed E-state index contributed by atoms with van der Waals surface area (Å²) in [7, 11) is 0. The summed E-state index contributed by atoms with van der Waals surface area (Å²) in [6.07, 6.45) is -1.47. The van der Waals surface area contributed by atoms with Crippen molar-refractivity contribution in [2.24, 2.45) is 5.92 Å². The van der Waals surface area contributed by atoms with Crippen LogP contribution in [0.15, 0.2) is 97.1 Å². The van der Waals surface area contributed by atoms with E-state index in [2.05, 4.69) is 75.9 Å². The molecule has 4 rings (SSSR count). The molecule has 4 aromatic carbocycles. The fourth-order valence-corrected chi connectivity index (χ4v) is 5.59. The summed E-state index contributed by atoms with van der Waals surface area (Å²) in [6.45, 7) is 13.9. The number of hydrogen-bond donors (Lipinski definition) is 1. The van der Waals surface area contributed by atoms with Gasteiger partial charge in [0, 0.05) is 19.1 Å². The third-order valence-corrected chi connectivity index (χ3v) is 8.21. The molecular weight excluding hydrogens is 506 g/mol. The summed E-state index contributed by atoms with van der Waals surface area (Å²) in [5.41, 5.74) is 9.18. The number of carbonyl (C=O) groups excluding carboxylic acids is 1. The molecule has 4 atom stereocenters. The zero-order chi connectivity index (χ0) is 29.5. The summed E-state index contributed by atoms with van der Waals surface area (Å²) >= 11 is 0. The molecular formula is C37H43NO3. The number of aliphatic hydroxyl groups excluding tert-OH is 1. The van der Waals surface area contributed by atoms with Gasteiger partial charge in [-0.2, -0.15) is 0 Å². The van der Waals surface area contributed by atoms with Crippen molar-refractivity contribution < 1.29 is 14.6 Å². The molecule has 41 heavy (non-hydrogen) atoms. The lowest BCUT2D eigenvalue weighted by Crippen LogP contribution is -2.40. The van der Waals surface area contributed by atoms with E-state index in [-0.39, 0.29) is 6.04 Å². The Kier molecular flexibility index (Phi) is 10.1. The van der Waals surface area contributed by atoms with Crippen molar-refractivity contribution >= 4 is 5.97 Å². The van der Waals surface area contributed by atoms with Gasteiger partial charge in [-0.25, -0.2) is 0 Å². The SMILES string of the molecule is Cc1cc(C)c(CN(Cc2ccccc2C)[C@@H](C)[C@H](OC(=O)[C@@H](C)[C@H](O)c2ccccc2)c2ccccc2)c(C)c1. The first-order valence-corrected chi connectivity index (χ1v) is 14.5. The van der Waals surface area contributed by atoms with Crippen LogP contribution >= 0.6 is 0 Å². The molecule has 1 N–H and O–H groups in total. The van der Waals surface area contributed by atoms with Crippen LogP contribution in [0.1, 0.15) is 70.6 Å². The molecule has 0 radical (unpaired) electrons. The molecule has 0 fully saturated rings. The highest BCUT2D eigenvalue weighted by atomic mass is 16.5. The van der Waals surface area contributed by atoms with Crippen LogP contribution in [-0.2, 0) is 22.6 Å². The van der Waals surface area contributed by atoms with E-state index in [1.54, 1.807) is 6.92 Å². The fraction of sp³-hybridized carbons (Fsp3) is 0.324. The van der Waals surface area contributed by atoms with Crippen LogP contribution in [0.25, 0.3) is 0 Å². The molecule has 0 aliphatic rings. The quantitative estimate of drug-likeness (QED) is 0.193. The van der Waals surface area contributed by atoms with Gasteiger partial charge in [-0.15, -0.1) is 0 Å². The first-order valence-electron chi connectivity index (χ1n) is 14.5. The standard InChI is InChI=1S/C37H43NO3/c1-25-21-27(3)34(28(4)22-25)24-38(23-33-20-14-13-15-26(33)2)30(6)36(32-18-11-8-12-19-32)41-37(40)29(5)35(39)31-16-9-7-10-17-31/h7-22,29-30,35-36,39H,23-24H2,1-6H3/t29-,30-,35-,36-/m0/s1. The zero-order valence-corrected chi connectivity index (χ0v) is 25.2. The molecule has 4 nitrogen and oxygen atoms in total. The Morgan fingerprint density at radius 3 is 1.85 bits per heavy atom. The Bertz CT molecular complexity index is 1410. The van der Waals surface area contributed by atoms with Gasteiger partial charge in [-0.1, -0.05) is 103 Å². The summed E-state index contributed by atoms with van der Waals surface area (Å²) in [5.74, 6) is -1.14. The van der Waals surface area contributed by atoms with Crippen LogP contribution in [0.5, 0.6) is 0 Å². The molecule has 0 bridgehead atoms. The van der Waals surface area contributed by atoms with Crippen molar-refractivity contribution in [1.29, 1.82) is 0 Å². The minimum Gasteiger partial charge on any atom is -0.456 e. The number of carbonyl (C=O) groups is 1. The minimum atomic E-state index is -0.948. The first kappa shape index (κ1) is 30.2. The van der Waals surface area contributed by atoms with Gasteiger partial charge in [-0.3, -0.25) is 9.69 Å². The number of rotatable bonds is 11. The Balaban J connectivity index is 1.69. The number of ether oxygens (including phenoxy) is 1. The molecule has 0 spiro atoms. The van der Waals surface area contributed by atoms with Crippen molar-refractivity contribution in [2.75, 3.05) is 0 Å². The lowest BCUT2D eigenvalue weighted by atomic mass is 9.95. The fourth-order valence-electron chi connectivity index (χ4n) is 5.59. The molecule has 0 saturated heterocycles. The molecule has 0 unspecified atom stereocenters. The maximum atomic E-state index is 13.6. The third kappa shape index (κ3) is 7.52. The number of benzene rings is 4. The second-order valence-electron chi connectivity index (χ2n) is 11.4. The second kappa shape index (κ2) is 13.8. The molecule has 0 heterocycles. The van der Waals surface area contributed by atoms with Crippen molar-refractivity contribution in [3.05, 3.63) is 142 Å². The van der Waals surface area contributed by atoms with Gasteiger partial charge in [0.2, 0.25) is 0 Å². The smallest absolute Gasteiger partial charge is 0.312 e. The molecule has 0 amide bonds. The predicted octanol–water partition coefficient (Wildman–Crippen LogP) is 7.97. The van der Waals surface area contributed by atoms with Crippen LogP contribution in [0.2, 0.25) is 0 Å². The van der Waals surface area contributed by atoms with Crippen molar-refractivity contribution in [3.8, 4) is 0 Å². The van der Waals surface area contributed by atoms with Gasteiger partial charge in [0.25, 0.3) is 0 Å². The van der Waals surface area contributed by atoms with E-state index in [1.807, 2.05) is 60.7 Å². The van der Waals surface area contributed by atoms with E-state index in [4.69, 9.17) is 4.74 Å². The van der Waals surface area contributed by atoms with Crippen molar-refractivity contribution in [3.63, 3.8) is 0 Å². The van der Waals surface area contributed by atoms with Gasteiger partial charge >= 0.3 is 5.97 Å². The number of aryl methyl sites for hydroxylation is 4. The number of aliphatic hydroxyl groups is 1. The van der Waals surface area contributed by atoms with E-state index in [1.165, 1.54) is 33.4 Å². The maximum Gasteiger partial charge on any atom is 0.312 e. The monoisotopic (exact) mass is 549 g/mol. The van der Waals surface area contributed by atoms with Crippen molar-refractivity contribution in [2.45, 2.75) is 72.9 Å². The van der Waals surface area contributed by atoms with Crippen molar-refractivity contribution in [1.82, 2.24) is 4.90 Å². The Labute approximate surface area is 245 Å². The van der Waals surface area contributed by atoms with Gasteiger partial charge in [0.1, 0.15) is 6.10 Å². The van der Waals surface area contributed by atoms with Crippen LogP contribution in [0, 0.1) is 33.6 Å². The van der Waals surface area contributed by atoms with Crippen LogP contribution in [0.4, 0.5) is 0 Å². The lowest BCUT2D eigenvalue weighted by molar-refractivity contribution is -0.161. The molecule has 0 aliphatic heterocycles. The number of esters is 1. The average Bonchev–Trinajstić information content (AvgIpc) is 2.97. The zero-order valence-electron chi connectivity index (χ0n) is 25.2. The van der Waals surface area contributed by atoms with E-state index < -0.39 is 24.1 Å². The Morgan fingerprint density at radius 2 is 1.27 bits per heavy atom. The topological polar surface area (TPSA) is 49.8 Å². The van der Waals surface area contributed by atoms with Gasteiger partial charge in [-0.05, 0) is 80.5 Å². The highest BCUT2D eigenvalue weighted by Gasteiger charge is 2.33. The summed E-state index contributed by atoms with van der Waals surface area (Å²) < 4.78 is 6.33. The molecule has 0 aromatic heterocycles. The van der Waals surface area contributed by atoms with Crippen LogP contribution in [0.3, 0.4) is 0 Å². The average molecular weight is 550 g/mol. The van der Waals surface area contributed by atoms with Crippen LogP contribution in [-0.4, -0.2) is 22.0 Å². The predicted molar refractivity (Wildman–Crippen MR) is 166 cm³/mol. The number of nitrogens with zero attached hydrogens (tertiary/aromatic N) is 1. The van der Waals surface area contributed by atoms with E-state index in [0.717, 1.165) is 12.1 Å². The van der Waals surface area contributed by atoms with Gasteiger partial charge in [0.15, 0.2) is 0 Å². The summed E-state index contributed by atoms with van der Waals surface area (Å²) in [4.78, 5) is 16.0. The van der Waals surface area contributed by atoms with Crippen LogP contribution < -0.4 is 0 Å². The third-order valence-electron chi connectivity index (χ3n) is 8.21. The molecule has 214 valence electrons. The van der Waals surface area contributed by atoms with E-state index >= 15 is 0 Å². The van der Waals surface area contributed by atoms with Gasteiger partial charge < -0.3 is 9.84 Å². The summed E-state index contributed by atoms with van der Waals surface area (Å²) in [6, 6.07) is 32.0. The van der Waals surface area contributed by atoms with E-state index in [9.17, 15) is 9.90 Å². The molecule has 0 aliphatic carbocycles. The second-order valence-corrected chi connectivity index (χ2v) is 11.4. The highest BCUT2D eigenvalue weighted by Crippen LogP contribution is 2.32. The van der Waals surface area contributed by atoms with E-state index in [0.29, 0.717) is 12.1 Å². The normalized spacial score (nSPS) is 14.3. The Hall–Kier alpha value is -3.73. The van der Waals surface area contributed by atoms with Gasteiger partial charge in [0.05, 0.1) is 12.0 Å². The highest BCUT2D eigenvalue weighted by molar-refractivity contribution is 5.73. The molecule has 0 saturated carbocycles. The Morgan fingerprint density at radius 1 is 0.732 bits per heavy atom. The maximum absolute atomic E-state index is 13.6. The summed E-state index contributed by atoms with van der Waals surface area (Å²) in [5, 5.41) is 11.0.